The Labute approximate surface area is 295 Å². The predicted octanol–water partition coefficient (Wildman–Crippen LogP) is 9.34. The highest BCUT2D eigenvalue weighted by Crippen LogP contribution is 2.19. The molecule has 47 heavy (non-hydrogen) atoms. The van der Waals surface area contributed by atoms with Gasteiger partial charge in [0.15, 0.2) is 0 Å². The summed E-state index contributed by atoms with van der Waals surface area (Å²) in [5, 5.41) is 7.16. The minimum atomic E-state index is 0.521. The number of rotatable bonds is 21. The molecule has 0 radical (unpaired) electrons. The Morgan fingerprint density at radius 3 is 1.43 bits per heavy atom. The second kappa shape index (κ2) is 24.4. The molecule has 0 aliphatic carbocycles. The minimum Gasteiger partial charge on any atom is -0.368 e. The highest BCUT2D eigenvalue weighted by molar-refractivity contribution is 7.99. The number of nitrogens with one attached hydrogen (secondary N) is 2. The number of hydrogen-bond donors (Lipinski definition) is 2. The summed E-state index contributed by atoms with van der Waals surface area (Å²) >= 11 is 3.88. The third-order valence-corrected chi connectivity index (χ3v) is 9.99. The number of hydrogen-bond acceptors (Lipinski definition) is 6. The van der Waals surface area contributed by atoms with Gasteiger partial charge in [0.05, 0.1) is 0 Å². The Balaban J connectivity index is 0.000000256. The lowest BCUT2D eigenvalue weighted by molar-refractivity contribution is 0.213. The lowest BCUT2D eigenvalue weighted by Crippen LogP contribution is -2.37. The molecule has 0 amide bonds. The normalized spacial score (nSPS) is 11.1. The van der Waals surface area contributed by atoms with Crippen molar-refractivity contribution in [3.8, 4) is 0 Å². The van der Waals surface area contributed by atoms with Crippen molar-refractivity contribution in [2.45, 2.75) is 69.0 Å². The number of benzene rings is 4. The Hall–Kier alpha value is -2.74. The summed E-state index contributed by atoms with van der Waals surface area (Å²) in [7, 11) is 0. The van der Waals surface area contributed by atoms with Crippen LogP contribution < -0.4 is 15.5 Å². The van der Waals surface area contributed by atoms with E-state index in [-0.39, 0.29) is 0 Å². The van der Waals surface area contributed by atoms with Gasteiger partial charge < -0.3 is 15.5 Å². The fraction of sp³-hybridized carbons (Fsp3) is 0.415. The van der Waals surface area contributed by atoms with Crippen LogP contribution in [-0.4, -0.2) is 67.8 Å². The average Bonchev–Trinajstić information content (AvgIpc) is 3.10. The van der Waals surface area contributed by atoms with Gasteiger partial charge in [0.1, 0.15) is 0 Å². The Morgan fingerprint density at radius 1 is 0.511 bits per heavy atom. The lowest BCUT2D eigenvalue weighted by atomic mass is 10.2. The number of para-hydroxylation sites is 1. The van der Waals surface area contributed by atoms with Gasteiger partial charge in [-0.3, -0.25) is 4.90 Å². The van der Waals surface area contributed by atoms with Crippen LogP contribution in [0.3, 0.4) is 0 Å². The van der Waals surface area contributed by atoms with Crippen LogP contribution >= 0.6 is 23.5 Å². The quantitative estimate of drug-likeness (QED) is 0.0679. The minimum absolute atomic E-state index is 0.521. The summed E-state index contributed by atoms with van der Waals surface area (Å²) < 4.78 is 0. The van der Waals surface area contributed by atoms with Crippen molar-refractivity contribution in [2.75, 3.05) is 55.7 Å². The van der Waals surface area contributed by atoms with Gasteiger partial charge in [-0.25, -0.2) is 0 Å². The molecular formula is C41H58N4S2. The van der Waals surface area contributed by atoms with Crippen LogP contribution in [0.25, 0.3) is 0 Å². The van der Waals surface area contributed by atoms with Gasteiger partial charge in [-0.15, -0.1) is 23.5 Å². The first-order chi connectivity index (χ1) is 23.0. The van der Waals surface area contributed by atoms with Crippen LogP contribution in [0, 0.1) is 0 Å². The zero-order chi connectivity index (χ0) is 33.4. The monoisotopic (exact) mass is 670 g/mol. The van der Waals surface area contributed by atoms with Crippen LogP contribution in [0.2, 0.25) is 0 Å². The van der Waals surface area contributed by atoms with Crippen LogP contribution in [0.5, 0.6) is 0 Å². The van der Waals surface area contributed by atoms with Crippen LogP contribution in [-0.2, 0) is 6.54 Å². The average molecular weight is 671 g/mol. The summed E-state index contributed by atoms with van der Waals surface area (Å²) in [6.45, 7) is 16.5. The zero-order valence-corrected chi connectivity index (χ0v) is 30.8. The van der Waals surface area contributed by atoms with Crippen molar-refractivity contribution < 1.29 is 0 Å². The van der Waals surface area contributed by atoms with Gasteiger partial charge in [0.25, 0.3) is 0 Å². The first-order valence-corrected chi connectivity index (χ1v) is 19.4. The van der Waals surface area contributed by atoms with E-state index in [9.17, 15) is 0 Å². The number of anilines is 1. The van der Waals surface area contributed by atoms with Gasteiger partial charge in [-0.05, 0) is 107 Å². The Kier molecular flexibility index (Phi) is 20.1. The summed E-state index contributed by atoms with van der Waals surface area (Å²) in [5.74, 6) is 2.35. The van der Waals surface area contributed by atoms with Crippen LogP contribution in [0.15, 0.2) is 131 Å². The maximum absolute atomic E-state index is 3.59. The zero-order valence-electron chi connectivity index (χ0n) is 29.2. The third-order valence-electron chi connectivity index (χ3n) is 7.79. The van der Waals surface area contributed by atoms with Crippen molar-refractivity contribution in [2.24, 2.45) is 0 Å². The van der Waals surface area contributed by atoms with Gasteiger partial charge in [0.2, 0.25) is 0 Å². The molecular weight excluding hydrogens is 613 g/mol. The van der Waals surface area contributed by atoms with E-state index in [4.69, 9.17) is 0 Å². The maximum Gasteiger partial charge on any atom is 0.0368 e. The summed E-state index contributed by atoms with van der Waals surface area (Å²) in [4.78, 5) is 7.71. The Bertz CT molecular complexity index is 1270. The molecule has 0 aromatic heterocycles. The molecule has 4 aromatic carbocycles. The van der Waals surface area contributed by atoms with E-state index in [1.54, 1.807) is 0 Å². The number of nitrogens with zero attached hydrogens (tertiary/aromatic N) is 2. The molecule has 0 fully saturated rings. The summed E-state index contributed by atoms with van der Waals surface area (Å²) in [6, 6.07) is 43.8. The van der Waals surface area contributed by atoms with Crippen LogP contribution in [0.1, 0.15) is 46.1 Å². The van der Waals surface area contributed by atoms with Crippen LogP contribution in [0.4, 0.5) is 5.69 Å². The molecule has 0 aliphatic heterocycles. The molecule has 0 bridgehead atoms. The summed E-state index contributed by atoms with van der Waals surface area (Å²) in [6.07, 6.45) is 2.41. The van der Waals surface area contributed by atoms with Crippen molar-refractivity contribution in [3.63, 3.8) is 0 Å². The van der Waals surface area contributed by atoms with E-state index in [1.807, 2.05) is 23.5 Å². The molecule has 6 heteroatoms. The van der Waals surface area contributed by atoms with Gasteiger partial charge in [-0.1, -0.05) is 84.9 Å². The van der Waals surface area contributed by atoms with E-state index in [1.165, 1.54) is 45.4 Å². The molecule has 0 saturated heterocycles. The molecule has 0 unspecified atom stereocenters. The van der Waals surface area contributed by atoms with Crippen molar-refractivity contribution in [3.05, 3.63) is 127 Å². The smallest absolute Gasteiger partial charge is 0.0368 e. The molecule has 4 nitrogen and oxygen atoms in total. The second-order valence-electron chi connectivity index (χ2n) is 12.2. The van der Waals surface area contributed by atoms with E-state index >= 15 is 0 Å². The predicted molar refractivity (Wildman–Crippen MR) is 210 cm³/mol. The second-order valence-corrected chi connectivity index (χ2v) is 14.5. The molecule has 0 spiro atoms. The molecule has 4 aromatic rings. The van der Waals surface area contributed by atoms with Gasteiger partial charge >= 0.3 is 0 Å². The standard InChI is InChI=1S/C21H30N2S.C20H28N2S/c1-19(2)23(18-20-10-5-3-6-11-20)16-15-22-14-9-17-24-21-12-7-4-8-13-21;1-18(2)22(19-10-5-3-6-11-19)16-15-21-14-9-17-23-20-12-7-4-8-13-20/h3-8,10-13,19,22H,9,14-18H2,1-2H3;3-8,10-13,18,21H,9,14-17H2,1-2H3. The van der Waals surface area contributed by atoms with Crippen molar-refractivity contribution in [1.82, 2.24) is 15.5 Å². The fourth-order valence-corrected chi connectivity index (χ4v) is 6.87. The molecule has 0 saturated carbocycles. The van der Waals surface area contributed by atoms with E-state index < -0.39 is 0 Å². The highest BCUT2D eigenvalue weighted by Gasteiger charge is 2.10. The summed E-state index contributed by atoms with van der Waals surface area (Å²) in [5.41, 5.74) is 2.70. The first kappa shape index (κ1) is 38.7. The Morgan fingerprint density at radius 2 is 0.957 bits per heavy atom. The molecule has 4 rings (SSSR count). The maximum atomic E-state index is 3.59. The SMILES string of the molecule is CC(C)N(CCNCCCSc1ccccc1)Cc1ccccc1.CC(C)N(CCNCCCSc1ccccc1)c1ccccc1. The molecule has 2 N–H and O–H groups in total. The van der Waals surface area contributed by atoms with E-state index in [0.717, 1.165) is 45.8 Å². The van der Waals surface area contributed by atoms with Gasteiger partial charge in [-0.2, -0.15) is 0 Å². The third kappa shape index (κ3) is 17.3. The highest BCUT2D eigenvalue weighted by atomic mass is 32.2. The fourth-order valence-electron chi connectivity index (χ4n) is 5.12. The van der Waals surface area contributed by atoms with E-state index in [0.29, 0.717) is 12.1 Å². The van der Waals surface area contributed by atoms with Crippen molar-refractivity contribution >= 4 is 29.2 Å². The lowest BCUT2D eigenvalue weighted by Gasteiger charge is -2.29. The molecule has 0 atom stereocenters. The van der Waals surface area contributed by atoms with E-state index in [2.05, 4.69) is 169 Å². The molecule has 254 valence electrons. The number of thioether (sulfide) groups is 2. The molecule has 0 heterocycles. The van der Waals surface area contributed by atoms with Crippen molar-refractivity contribution in [1.29, 1.82) is 0 Å². The first-order valence-electron chi connectivity index (χ1n) is 17.4. The van der Waals surface area contributed by atoms with Gasteiger partial charge in [0, 0.05) is 60.3 Å². The largest absolute Gasteiger partial charge is 0.368 e. The topological polar surface area (TPSA) is 30.5 Å². The molecule has 0 aliphatic rings.